The summed E-state index contributed by atoms with van der Waals surface area (Å²) in [5.74, 6) is 2.39. The number of carbonyl (C=O) groups is 1. The second-order valence-corrected chi connectivity index (χ2v) is 7.00. The Morgan fingerprint density at radius 1 is 1.18 bits per heavy atom. The fourth-order valence-corrected chi connectivity index (χ4v) is 3.69. The first-order valence-electron chi connectivity index (χ1n) is 9.52. The third kappa shape index (κ3) is 3.99. The Balaban J connectivity index is 1.38. The number of amides is 1. The molecule has 1 aliphatic rings. The van der Waals surface area contributed by atoms with E-state index in [1.807, 2.05) is 41.7 Å². The lowest BCUT2D eigenvalue weighted by molar-refractivity contribution is 0.0671. The number of nitrogens with zero attached hydrogens (tertiary/aromatic N) is 4. The first kappa shape index (κ1) is 18.4. The minimum atomic E-state index is -0.0577. The van der Waals surface area contributed by atoms with Crippen molar-refractivity contribution in [3.8, 4) is 0 Å². The molecular weight excluding hydrogens is 356 g/mol. The van der Waals surface area contributed by atoms with Crippen LogP contribution < -0.4 is 0 Å². The highest BCUT2D eigenvalue weighted by Gasteiger charge is 2.28. The molecule has 0 bridgehead atoms. The number of pyridine rings is 1. The molecule has 3 aromatic rings. The Labute approximate surface area is 164 Å². The Kier molecular flexibility index (Phi) is 5.53. The van der Waals surface area contributed by atoms with E-state index in [9.17, 15) is 4.79 Å². The van der Waals surface area contributed by atoms with Crippen LogP contribution >= 0.6 is 0 Å². The molecule has 0 unspecified atom stereocenters. The fourth-order valence-electron chi connectivity index (χ4n) is 3.69. The Hall–Kier alpha value is -2.93. The fraction of sp³-hybridized carbons (Fsp3) is 0.381. The molecule has 0 aromatic carbocycles. The molecule has 1 aliphatic heterocycles. The van der Waals surface area contributed by atoms with Gasteiger partial charge in [0.25, 0.3) is 5.91 Å². The summed E-state index contributed by atoms with van der Waals surface area (Å²) < 4.78 is 12.8. The standard InChI is InChI=1S/C21H24N4O3/c1-27-15-18-5-6-19(28-18)21(26)24-11-7-16(8-12-24)20-23-10-13-25(20)14-17-4-2-3-9-22-17/h2-6,9-10,13,16H,7-8,11-12,14-15H2,1H3. The van der Waals surface area contributed by atoms with Crippen LogP contribution in [0.2, 0.25) is 0 Å². The van der Waals surface area contributed by atoms with E-state index in [0.29, 0.717) is 43.7 Å². The molecule has 28 heavy (non-hydrogen) atoms. The van der Waals surface area contributed by atoms with Gasteiger partial charge in [0.15, 0.2) is 5.76 Å². The van der Waals surface area contributed by atoms with Gasteiger partial charge >= 0.3 is 0 Å². The highest BCUT2D eigenvalue weighted by molar-refractivity contribution is 5.91. The summed E-state index contributed by atoms with van der Waals surface area (Å²) in [7, 11) is 1.60. The van der Waals surface area contributed by atoms with Gasteiger partial charge in [0, 0.05) is 44.7 Å². The van der Waals surface area contributed by atoms with E-state index in [1.54, 1.807) is 19.2 Å². The van der Waals surface area contributed by atoms with Crippen LogP contribution in [-0.4, -0.2) is 45.5 Å². The smallest absolute Gasteiger partial charge is 0.289 e. The van der Waals surface area contributed by atoms with Gasteiger partial charge in [0.05, 0.1) is 12.2 Å². The molecule has 0 saturated carbocycles. The van der Waals surface area contributed by atoms with Crippen LogP contribution in [0, 0.1) is 0 Å². The number of imidazole rings is 1. The van der Waals surface area contributed by atoms with Crippen molar-refractivity contribution in [3.63, 3.8) is 0 Å². The maximum Gasteiger partial charge on any atom is 0.289 e. The number of piperidine rings is 1. The zero-order valence-corrected chi connectivity index (χ0v) is 16.0. The molecule has 1 saturated heterocycles. The Morgan fingerprint density at radius 3 is 2.79 bits per heavy atom. The number of likely N-dealkylation sites (tertiary alicyclic amines) is 1. The highest BCUT2D eigenvalue weighted by Crippen LogP contribution is 2.28. The largest absolute Gasteiger partial charge is 0.453 e. The number of methoxy groups -OCH3 is 1. The monoisotopic (exact) mass is 380 g/mol. The van der Waals surface area contributed by atoms with E-state index >= 15 is 0 Å². The van der Waals surface area contributed by atoms with Crippen molar-refractivity contribution in [1.29, 1.82) is 0 Å². The van der Waals surface area contributed by atoms with Gasteiger partial charge < -0.3 is 18.6 Å². The third-order valence-electron chi connectivity index (χ3n) is 5.11. The van der Waals surface area contributed by atoms with E-state index in [-0.39, 0.29) is 5.91 Å². The molecule has 0 N–H and O–H groups in total. The minimum absolute atomic E-state index is 0.0577. The van der Waals surface area contributed by atoms with Gasteiger partial charge in [0.1, 0.15) is 18.2 Å². The zero-order valence-electron chi connectivity index (χ0n) is 16.0. The van der Waals surface area contributed by atoms with E-state index in [4.69, 9.17) is 9.15 Å². The van der Waals surface area contributed by atoms with Crippen molar-refractivity contribution in [2.75, 3.05) is 20.2 Å². The number of aromatic nitrogens is 3. The number of rotatable bonds is 6. The van der Waals surface area contributed by atoms with Crippen molar-refractivity contribution in [2.24, 2.45) is 0 Å². The lowest BCUT2D eigenvalue weighted by Gasteiger charge is -2.31. The van der Waals surface area contributed by atoms with E-state index in [1.165, 1.54) is 0 Å². The van der Waals surface area contributed by atoms with Gasteiger partial charge in [-0.3, -0.25) is 9.78 Å². The molecule has 3 aromatic heterocycles. The van der Waals surface area contributed by atoms with Crippen molar-refractivity contribution >= 4 is 5.91 Å². The van der Waals surface area contributed by atoms with Crippen LogP contribution in [0.25, 0.3) is 0 Å². The van der Waals surface area contributed by atoms with Crippen molar-refractivity contribution < 1.29 is 13.9 Å². The van der Waals surface area contributed by atoms with Gasteiger partial charge in [-0.05, 0) is 37.1 Å². The van der Waals surface area contributed by atoms with Gasteiger partial charge in [-0.15, -0.1) is 0 Å². The number of hydrogen-bond donors (Lipinski definition) is 0. The van der Waals surface area contributed by atoms with Crippen LogP contribution in [0.4, 0.5) is 0 Å². The van der Waals surface area contributed by atoms with Crippen LogP contribution in [0.3, 0.4) is 0 Å². The Bertz CT molecular complexity index is 911. The molecular formula is C21H24N4O3. The molecule has 1 fully saturated rings. The Morgan fingerprint density at radius 2 is 2.04 bits per heavy atom. The molecule has 0 radical (unpaired) electrons. The molecule has 1 amide bonds. The lowest BCUT2D eigenvalue weighted by atomic mass is 9.95. The quantitative estimate of drug-likeness (QED) is 0.657. The maximum absolute atomic E-state index is 12.7. The summed E-state index contributed by atoms with van der Waals surface area (Å²) in [4.78, 5) is 23.5. The predicted molar refractivity (Wildman–Crippen MR) is 103 cm³/mol. The second-order valence-electron chi connectivity index (χ2n) is 7.00. The normalized spacial score (nSPS) is 15.1. The summed E-state index contributed by atoms with van der Waals surface area (Å²) >= 11 is 0. The average Bonchev–Trinajstić information content (AvgIpc) is 3.38. The maximum atomic E-state index is 12.7. The van der Waals surface area contributed by atoms with Gasteiger partial charge in [-0.2, -0.15) is 0 Å². The third-order valence-corrected chi connectivity index (χ3v) is 5.11. The van der Waals surface area contributed by atoms with E-state index < -0.39 is 0 Å². The van der Waals surface area contributed by atoms with Crippen LogP contribution in [0.1, 0.15) is 46.6 Å². The van der Waals surface area contributed by atoms with Crippen molar-refractivity contribution in [1.82, 2.24) is 19.4 Å². The average molecular weight is 380 g/mol. The highest BCUT2D eigenvalue weighted by atomic mass is 16.5. The van der Waals surface area contributed by atoms with Gasteiger partial charge in [-0.25, -0.2) is 4.98 Å². The van der Waals surface area contributed by atoms with Crippen LogP contribution in [0.15, 0.2) is 53.3 Å². The molecule has 4 heterocycles. The summed E-state index contributed by atoms with van der Waals surface area (Å²) in [6.45, 7) is 2.47. The van der Waals surface area contributed by atoms with Crippen molar-refractivity contribution in [3.05, 3.63) is 72.0 Å². The molecule has 0 aliphatic carbocycles. The van der Waals surface area contributed by atoms with Gasteiger partial charge in [0.2, 0.25) is 0 Å². The predicted octanol–water partition coefficient (Wildman–Crippen LogP) is 3.09. The number of furan rings is 1. The summed E-state index contributed by atoms with van der Waals surface area (Å²) in [6, 6.07) is 9.45. The first-order valence-corrected chi connectivity index (χ1v) is 9.52. The molecule has 0 atom stereocenters. The number of carbonyl (C=O) groups excluding carboxylic acids is 1. The van der Waals surface area contributed by atoms with E-state index in [0.717, 1.165) is 24.4 Å². The van der Waals surface area contributed by atoms with Crippen molar-refractivity contribution in [2.45, 2.75) is 31.9 Å². The molecule has 0 spiro atoms. The summed E-state index contributed by atoms with van der Waals surface area (Å²) in [5.41, 5.74) is 1.01. The first-order chi connectivity index (χ1) is 13.7. The summed E-state index contributed by atoms with van der Waals surface area (Å²) in [5, 5.41) is 0. The SMILES string of the molecule is COCc1ccc(C(=O)N2CCC(c3nccn3Cc3ccccn3)CC2)o1. The molecule has 7 nitrogen and oxygen atoms in total. The topological polar surface area (TPSA) is 73.4 Å². The van der Waals surface area contributed by atoms with Crippen LogP contribution in [-0.2, 0) is 17.9 Å². The second kappa shape index (κ2) is 8.39. The molecule has 4 rings (SSSR count). The molecule has 7 heteroatoms. The molecule has 146 valence electrons. The zero-order chi connectivity index (χ0) is 19.3. The van der Waals surface area contributed by atoms with E-state index in [2.05, 4.69) is 14.5 Å². The number of hydrogen-bond acceptors (Lipinski definition) is 5. The van der Waals surface area contributed by atoms with Crippen LogP contribution in [0.5, 0.6) is 0 Å². The minimum Gasteiger partial charge on any atom is -0.453 e. The lowest BCUT2D eigenvalue weighted by Crippen LogP contribution is -2.38. The van der Waals surface area contributed by atoms with Gasteiger partial charge in [-0.1, -0.05) is 6.07 Å². The summed E-state index contributed by atoms with van der Waals surface area (Å²) in [6.07, 6.45) is 7.42. The number of ether oxygens (including phenoxy) is 1.